The minimum Gasteiger partial charge on any atom is -0.291 e. The number of rotatable bonds is 0. The number of hydrogen-bond donors (Lipinski definition) is 0. The van der Waals surface area contributed by atoms with Gasteiger partial charge in [-0.05, 0) is 45.2 Å². The summed E-state index contributed by atoms with van der Waals surface area (Å²) in [5, 5.41) is 0. The van der Waals surface area contributed by atoms with Gasteiger partial charge in [0.1, 0.15) is 5.82 Å². The molecule has 1 aromatic rings. The van der Waals surface area contributed by atoms with E-state index in [0.717, 1.165) is 18.8 Å². The van der Waals surface area contributed by atoms with Gasteiger partial charge in [-0.15, -0.1) is 0 Å². The van der Waals surface area contributed by atoms with Crippen molar-refractivity contribution in [2.24, 2.45) is 0 Å². The number of anilines is 1. The lowest BCUT2D eigenvalue weighted by Crippen LogP contribution is -2.62. The molecule has 3 heterocycles. The third kappa shape index (κ3) is 2.94. The molecule has 23 heavy (non-hydrogen) atoms. The Morgan fingerprint density at radius 2 is 1.96 bits per heavy atom. The monoisotopic (exact) mass is 327 g/mol. The molecule has 4 nitrogen and oxygen atoms in total. The van der Waals surface area contributed by atoms with Crippen LogP contribution in [0.2, 0.25) is 0 Å². The molecule has 0 radical (unpaired) electrons. The Hall–Kier alpha value is -1.63. The standard InChI is InChI=1S/C16H20F3N3O/c1-15(2,3)21-8-12-5-4-10-6-11(16(17,18)19)7-20-14(10)22(12)13(23)9-21/h6-7,12H,4-5,8-9H2,1-3H3. The van der Waals surface area contributed by atoms with Crippen molar-refractivity contribution in [2.75, 3.05) is 18.0 Å². The molecule has 0 N–H and O–H groups in total. The molecule has 2 aliphatic heterocycles. The third-order valence-electron chi connectivity index (χ3n) is 4.59. The predicted molar refractivity (Wildman–Crippen MR) is 80.2 cm³/mol. The summed E-state index contributed by atoms with van der Waals surface area (Å²) in [4.78, 5) is 20.2. The van der Waals surface area contributed by atoms with E-state index in [-0.39, 0.29) is 24.0 Å². The maximum atomic E-state index is 12.8. The smallest absolute Gasteiger partial charge is 0.291 e. The molecule has 0 aromatic carbocycles. The quantitative estimate of drug-likeness (QED) is 0.735. The molecule has 2 aliphatic rings. The number of aromatic nitrogens is 1. The van der Waals surface area contributed by atoms with Gasteiger partial charge < -0.3 is 0 Å². The highest BCUT2D eigenvalue weighted by molar-refractivity contribution is 5.96. The minimum absolute atomic E-state index is 0.0211. The van der Waals surface area contributed by atoms with Crippen LogP contribution in [0.15, 0.2) is 12.3 Å². The van der Waals surface area contributed by atoms with Gasteiger partial charge >= 0.3 is 6.18 Å². The Morgan fingerprint density at radius 1 is 1.26 bits per heavy atom. The average molecular weight is 327 g/mol. The molecule has 1 atom stereocenters. The molecule has 1 amide bonds. The van der Waals surface area contributed by atoms with Crippen LogP contribution in [0.25, 0.3) is 0 Å². The second-order valence-corrected chi connectivity index (χ2v) is 7.21. The first-order valence-corrected chi connectivity index (χ1v) is 7.70. The Morgan fingerprint density at radius 3 is 2.57 bits per heavy atom. The zero-order valence-electron chi connectivity index (χ0n) is 13.4. The fraction of sp³-hybridized carbons (Fsp3) is 0.625. The minimum atomic E-state index is -4.41. The van der Waals surface area contributed by atoms with Crippen LogP contribution < -0.4 is 4.90 Å². The number of amides is 1. The van der Waals surface area contributed by atoms with Crippen molar-refractivity contribution in [3.8, 4) is 0 Å². The van der Waals surface area contributed by atoms with Crippen molar-refractivity contribution in [1.82, 2.24) is 9.88 Å². The Bertz CT molecular complexity index is 636. The second-order valence-electron chi connectivity index (χ2n) is 7.21. The Balaban J connectivity index is 1.92. The number of alkyl halides is 3. The van der Waals surface area contributed by atoms with Crippen LogP contribution in [0.3, 0.4) is 0 Å². The molecule has 1 aromatic heterocycles. The highest BCUT2D eigenvalue weighted by atomic mass is 19.4. The van der Waals surface area contributed by atoms with Crippen molar-refractivity contribution < 1.29 is 18.0 Å². The predicted octanol–water partition coefficient (Wildman–Crippen LogP) is 2.86. The molecule has 126 valence electrons. The number of aryl methyl sites for hydroxylation is 1. The zero-order valence-corrected chi connectivity index (χ0v) is 13.4. The van der Waals surface area contributed by atoms with Gasteiger partial charge in [-0.1, -0.05) is 0 Å². The number of fused-ring (bicyclic) bond motifs is 3. The number of carbonyl (C=O) groups excluding carboxylic acids is 1. The van der Waals surface area contributed by atoms with Crippen LogP contribution in [0.4, 0.5) is 19.0 Å². The van der Waals surface area contributed by atoms with E-state index in [1.807, 2.05) is 0 Å². The number of piperazine rings is 1. The van der Waals surface area contributed by atoms with Gasteiger partial charge in [0.15, 0.2) is 0 Å². The van der Waals surface area contributed by atoms with Gasteiger partial charge in [0, 0.05) is 18.3 Å². The van der Waals surface area contributed by atoms with E-state index in [0.29, 0.717) is 24.2 Å². The average Bonchev–Trinajstić information content (AvgIpc) is 2.44. The number of nitrogens with zero attached hydrogens (tertiary/aromatic N) is 3. The van der Waals surface area contributed by atoms with Crippen molar-refractivity contribution in [3.63, 3.8) is 0 Å². The van der Waals surface area contributed by atoms with Crippen molar-refractivity contribution in [2.45, 2.75) is 51.4 Å². The van der Waals surface area contributed by atoms with E-state index < -0.39 is 11.7 Å². The summed E-state index contributed by atoms with van der Waals surface area (Å²) in [6.45, 7) is 7.15. The summed E-state index contributed by atoms with van der Waals surface area (Å²) in [7, 11) is 0. The van der Waals surface area contributed by atoms with Crippen molar-refractivity contribution >= 4 is 11.7 Å². The van der Waals surface area contributed by atoms with E-state index in [9.17, 15) is 18.0 Å². The molecule has 0 aliphatic carbocycles. The van der Waals surface area contributed by atoms with E-state index >= 15 is 0 Å². The van der Waals surface area contributed by atoms with E-state index in [1.165, 1.54) is 0 Å². The normalized spacial score (nSPS) is 22.8. The number of halogens is 3. The second kappa shape index (κ2) is 5.19. The van der Waals surface area contributed by atoms with Gasteiger partial charge in [0.25, 0.3) is 0 Å². The molecule has 0 saturated carbocycles. The van der Waals surface area contributed by atoms with E-state index in [1.54, 1.807) is 4.90 Å². The molecule has 0 spiro atoms. The van der Waals surface area contributed by atoms with Crippen molar-refractivity contribution in [1.29, 1.82) is 0 Å². The van der Waals surface area contributed by atoms with Crippen molar-refractivity contribution in [3.05, 3.63) is 23.4 Å². The topological polar surface area (TPSA) is 36.4 Å². The Kier molecular flexibility index (Phi) is 3.66. The van der Waals surface area contributed by atoms with Crippen LogP contribution in [-0.4, -0.2) is 40.5 Å². The summed E-state index contributed by atoms with van der Waals surface area (Å²) >= 11 is 0. The lowest BCUT2D eigenvalue weighted by molar-refractivity contribution is -0.137. The maximum absolute atomic E-state index is 12.8. The Labute approximate surface area is 133 Å². The third-order valence-corrected chi connectivity index (χ3v) is 4.59. The zero-order chi connectivity index (χ0) is 17.0. The summed E-state index contributed by atoms with van der Waals surface area (Å²) < 4.78 is 38.5. The molecular formula is C16H20F3N3O. The van der Waals surface area contributed by atoms with E-state index in [4.69, 9.17) is 0 Å². The molecule has 1 unspecified atom stereocenters. The molecule has 3 rings (SSSR count). The van der Waals surface area contributed by atoms with Gasteiger partial charge in [-0.3, -0.25) is 14.6 Å². The fourth-order valence-corrected chi connectivity index (χ4v) is 3.25. The summed E-state index contributed by atoms with van der Waals surface area (Å²) in [6, 6.07) is 1.11. The largest absolute Gasteiger partial charge is 0.417 e. The molecule has 1 fully saturated rings. The highest BCUT2D eigenvalue weighted by Gasteiger charge is 2.41. The van der Waals surface area contributed by atoms with Crippen LogP contribution in [0.5, 0.6) is 0 Å². The SMILES string of the molecule is CC(C)(C)N1CC(=O)N2c3ncc(C(F)(F)F)cc3CCC2C1. The number of pyridine rings is 1. The number of hydrogen-bond acceptors (Lipinski definition) is 3. The van der Waals surface area contributed by atoms with Crippen LogP contribution in [-0.2, 0) is 17.4 Å². The van der Waals surface area contributed by atoms with Gasteiger partial charge in [0.05, 0.1) is 18.2 Å². The number of carbonyl (C=O) groups is 1. The maximum Gasteiger partial charge on any atom is 0.417 e. The molecule has 0 bridgehead atoms. The molecule has 7 heteroatoms. The lowest BCUT2D eigenvalue weighted by Gasteiger charge is -2.47. The highest BCUT2D eigenvalue weighted by Crippen LogP contribution is 2.37. The van der Waals surface area contributed by atoms with Gasteiger partial charge in [-0.25, -0.2) is 4.98 Å². The first-order chi connectivity index (χ1) is 10.6. The summed E-state index contributed by atoms with van der Waals surface area (Å²) in [6.07, 6.45) is -2.41. The molecule has 1 saturated heterocycles. The van der Waals surface area contributed by atoms with Crippen LogP contribution >= 0.6 is 0 Å². The van der Waals surface area contributed by atoms with Gasteiger partial charge in [-0.2, -0.15) is 13.2 Å². The van der Waals surface area contributed by atoms with E-state index in [2.05, 4.69) is 30.7 Å². The molecular weight excluding hydrogens is 307 g/mol. The first-order valence-electron chi connectivity index (χ1n) is 7.70. The first kappa shape index (κ1) is 16.2. The lowest BCUT2D eigenvalue weighted by atomic mass is 9.93. The van der Waals surface area contributed by atoms with Crippen LogP contribution in [0, 0.1) is 0 Å². The summed E-state index contributed by atoms with van der Waals surface area (Å²) in [5.41, 5.74) is -0.362. The fourth-order valence-electron chi connectivity index (χ4n) is 3.25. The van der Waals surface area contributed by atoms with Gasteiger partial charge in [0.2, 0.25) is 5.91 Å². The summed E-state index contributed by atoms with van der Waals surface area (Å²) in [5.74, 6) is 0.303. The van der Waals surface area contributed by atoms with Crippen LogP contribution in [0.1, 0.15) is 38.3 Å².